The summed E-state index contributed by atoms with van der Waals surface area (Å²) >= 11 is 0. The number of anilines is 2. The van der Waals surface area contributed by atoms with Crippen molar-refractivity contribution >= 4 is 40.4 Å². The van der Waals surface area contributed by atoms with E-state index in [1.165, 1.54) is 42.5 Å². The van der Waals surface area contributed by atoms with Crippen molar-refractivity contribution in [3.05, 3.63) is 68.8 Å². The largest absolute Gasteiger partial charge is 0.468 e. The van der Waals surface area contributed by atoms with Crippen LogP contribution < -0.4 is 16.3 Å². The third-order valence-corrected chi connectivity index (χ3v) is 4.20. The maximum Gasteiger partial charge on any atom is 0.354 e. The number of hydrazone groups is 1. The number of rotatable bonds is 11. The van der Waals surface area contributed by atoms with Gasteiger partial charge in [0.25, 0.3) is 11.4 Å². The van der Waals surface area contributed by atoms with Crippen molar-refractivity contribution in [3.63, 3.8) is 0 Å². The molecule has 0 aliphatic heterocycles. The molecule has 1 atom stereocenters. The Balaban J connectivity index is 2.27. The van der Waals surface area contributed by atoms with Gasteiger partial charge in [0.15, 0.2) is 0 Å². The fraction of sp³-hybridized carbons (Fsp3) is 0.211. The lowest BCUT2D eigenvalue weighted by molar-refractivity contribution is -0.384. The number of nitrogens with zero attached hydrogens (tertiary/aromatic N) is 3. The lowest BCUT2D eigenvalue weighted by Crippen LogP contribution is -2.44. The fourth-order valence-electron chi connectivity index (χ4n) is 2.58. The van der Waals surface area contributed by atoms with E-state index in [1.807, 2.05) is 0 Å². The summed E-state index contributed by atoms with van der Waals surface area (Å²) in [7, 11) is 2.21. The van der Waals surface area contributed by atoms with Crippen LogP contribution in [-0.2, 0) is 19.1 Å². The van der Waals surface area contributed by atoms with Crippen LogP contribution in [-0.4, -0.2) is 47.8 Å². The predicted molar refractivity (Wildman–Crippen MR) is 116 cm³/mol. The van der Waals surface area contributed by atoms with Gasteiger partial charge in [-0.2, -0.15) is 5.10 Å². The first-order valence-corrected chi connectivity index (χ1v) is 9.25. The molecule has 0 fully saturated rings. The standard InChI is InChI=1S/C19H20N6O8/c1-32-18(26)14(22-20-12-7-3-5-9-16(12)24(28)29)11-15(19(27)33-2)23-21-13-8-4-6-10-17(13)25(30)31/h3-10,14,20-22H,11H2,1-2H3/b23-15+/t14-/m0/s1. The molecule has 2 aromatic carbocycles. The number of carbonyl (C=O) groups excluding carboxylic acids is 2. The molecule has 0 radical (unpaired) electrons. The minimum Gasteiger partial charge on any atom is -0.468 e. The third-order valence-electron chi connectivity index (χ3n) is 4.20. The zero-order chi connectivity index (χ0) is 24.4. The summed E-state index contributed by atoms with van der Waals surface area (Å²) in [6.07, 6.45) is -0.388. The minimum absolute atomic E-state index is 0.00418. The lowest BCUT2D eigenvalue weighted by Gasteiger charge is -2.18. The lowest BCUT2D eigenvalue weighted by atomic mass is 10.1. The molecule has 0 saturated heterocycles. The summed E-state index contributed by atoms with van der Waals surface area (Å²) in [6, 6.07) is 10.0. The van der Waals surface area contributed by atoms with Gasteiger partial charge in [-0.15, -0.1) is 0 Å². The van der Waals surface area contributed by atoms with Gasteiger partial charge < -0.3 is 14.9 Å². The molecular weight excluding hydrogens is 440 g/mol. The van der Waals surface area contributed by atoms with E-state index in [9.17, 15) is 29.8 Å². The van der Waals surface area contributed by atoms with Gasteiger partial charge in [0, 0.05) is 18.6 Å². The van der Waals surface area contributed by atoms with Crippen molar-refractivity contribution < 1.29 is 28.9 Å². The highest BCUT2D eigenvalue weighted by Gasteiger charge is 2.26. The van der Waals surface area contributed by atoms with Crippen LogP contribution in [0.2, 0.25) is 0 Å². The van der Waals surface area contributed by atoms with E-state index in [2.05, 4.69) is 26.1 Å². The van der Waals surface area contributed by atoms with Crippen molar-refractivity contribution in [2.24, 2.45) is 5.10 Å². The first-order chi connectivity index (χ1) is 15.8. The maximum absolute atomic E-state index is 12.2. The van der Waals surface area contributed by atoms with Crippen molar-refractivity contribution in [1.82, 2.24) is 5.43 Å². The summed E-state index contributed by atoms with van der Waals surface area (Å²) in [4.78, 5) is 45.5. The first-order valence-electron chi connectivity index (χ1n) is 9.25. The van der Waals surface area contributed by atoms with E-state index in [4.69, 9.17) is 4.74 Å². The molecule has 0 amide bonds. The molecule has 0 unspecified atom stereocenters. The number of carbonyl (C=O) groups is 2. The molecule has 174 valence electrons. The zero-order valence-corrected chi connectivity index (χ0v) is 17.5. The van der Waals surface area contributed by atoms with Crippen LogP contribution in [0.4, 0.5) is 22.7 Å². The molecular formula is C19H20N6O8. The van der Waals surface area contributed by atoms with Crippen LogP contribution in [0.1, 0.15) is 6.42 Å². The van der Waals surface area contributed by atoms with Gasteiger partial charge in [0.1, 0.15) is 23.1 Å². The average molecular weight is 460 g/mol. The average Bonchev–Trinajstić information content (AvgIpc) is 2.82. The van der Waals surface area contributed by atoms with E-state index in [0.29, 0.717) is 0 Å². The summed E-state index contributed by atoms with van der Waals surface area (Å²) in [6.45, 7) is 0. The Labute approximate surface area is 186 Å². The van der Waals surface area contributed by atoms with Gasteiger partial charge in [-0.1, -0.05) is 24.3 Å². The minimum atomic E-state index is -1.24. The molecule has 0 saturated carbocycles. The Morgan fingerprint density at radius 3 is 2.03 bits per heavy atom. The van der Waals surface area contributed by atoms with Crippen LogP contribution in [0, 0.1) is 20.2 Å². The van der Waals surface area contributed by atoms with E-state index in [0.717, 1.165) is 14.2 Å². The van der Waals surface area contributed by atoms with Crippen LogP contribution in [0.3, 0.4) is 0 Å². The van der Waals surface area contributed by atoms with Crippen LogP contribution in [0.5, 0.6) is 0 Å². The van der Waals surface area contributed by atoms with Crippen LogP contribution in [0.15, 0.2) is 53.6 Å². The highest BCUT2D eigenvalue weighted by Crippen LogP contribution is 2.24. The van der Waals surface area contributed by atoms with Gasteiger partial charge in [0.2, 0.25) is 0 Å². The zero-order valence-electron chi connectivity index (χ0n) is 17.5. The molecule has 2 aromatic rings. The SMILES string of the molecule is COC(=O)/C(C[C@H](NNc1ccccc1[N+](=O)[O-])C(=O)OC)=N/Nc1ccccc1[N+](=O)[O-]. The van der Waals surface area contributed by atoms with Crippen LogP contribution in [0.25, 0.3) is 0 Å². The van der Waals surface area contributed by atoms with Gasteiger partial charge in [-0.05, 0) is 12.1 Å². The number of nitro benzene ring substituents is 2. The second kappa shape index (κ2) is 11.7. The highest BCUT2D eigenvalue weighted by atomic mass is 16.6. The van der Waals surface area contributed by atoms with Gasteiger partial charge >= 0.3 is 11.9 Å². The molecule has 0 aromatic heterocycles. The molecule has 14 nitrogen and oxygen atoms in total. The van der Waals surface area contributed by atoms with E-state index in [-0.39, 0.29) is 34.9 Å². The molecule has 0 aliphatic carbocycles. The second-order valence-corrected chi connectivity index (χ2v) is 6.26. The van der Waals surface area contributed by atoms with Gasteiger partial charge in [-0.25, -0.2) is 10.2 Å². The summed E-state index contributed by atoms with van der Waals surface area (Å²) in [5, 5.41) is 26.2. The summed E-state index contributed by atoms with van der Waals surface area (Å²) in [5.74, 6) is -1.73. The van der Waals surface area contributed by atoms with Gasteiger partial charge in [0.05, 0.1) is 24.1 Å². The monoisotopic (exact) mass is 460 g/mol. The molecule has 33 heavy (non-hydrogen) atoms. The Kier molecular flexibility index (Phi) is 8.75. The number of nitro groups is 2. The number of nitrogens with one attached hydrogen (secondary N) is 3. The molecule has 0 bridgehead atoms. The fourth-order valence-corrected chi connectivity index (χ4v) is 2.58. The first kappa shape index (κ1) is 24.7. The van der Waals surface area contributed by atoms with Crippen LogP contribution >= 0.6 is 0 Å². The summed E-state index contributed by atoms with van der Waals surface area (Å²) < 4.78 is 9.39. The Morgan fingerprint density at radius 2 is 1.48 bits per heavy atom. The molecule has 2 rings (SSSR count). The Morgan fingerprint density at radius 1 is 0.939 bits per heavy atom. The van der Waals surface area contributed by atoms with E-state index < -0.39 is 27.8 Å². The number of para-hydroxylation sites is 4. The molecule has 14 heteroatoms. The Bertz CT molecular complexity index is 1070. The predicted octanol–water partition coefficient (Wildman–Crippen LogP) is 1.99. The Hall–Kier alpha value is -4.59. The third kappa shape index (κ3) is 6.70. The van der Waals surface area contributed by atoms with Crippen molar-refractivity contribution in [1.29, 1.82) is 0 Å². The highest BCUT2D eigenvalue weighted by molar-refractivity contribution is 6.37. The molecule has 3 N–H and O–H groups in total. The van der Waals surface area contributed by atoms with Crippen molar-refractivity contribution in [2.75, 3.05) is 25.1 Å². The number of hydrazine groups is 1. The second-order valence-electron chi connectivity index (χ2n) is 6.26. The topological polar surface area (TPSA) is 187 Å². The quantitative estimate of drug-likeness (QED) is 0.192. The van der Waals surface area contributed by atoms with Crippen molar-refractivity contribution in [3.8, 4) is 0 Å². The summed E-state index contributed by atoms with van der Waals surface area (Å²) in [5.41, 5.74) is 6.77. The van der Waals surface area contributed by atoms with E-state index >= 15 is 0 Å². The van der Waals surface area contributed by atoms with E-state index in [1.54, 1.807) is 6.07 Å². The number of ether oxygens (including phenoxy) is 2. The van der Waals surface area contributed by atoms with Crippen molar-refractivity contribution in [2.45, 2.75) is 12.5 Å². The normalized spacial score (nSPS) is 11.8. The molecule has 0 aliphatic rings. The number of hydrogen-bond acceptors (Lipinski definition) is 12. The maximum atomic E-state index is 12.2. The molecule has 0 heterocycles. The molecule has 0 spiro atoms. The smallest absolute Gasteiger partial charge is 0.354 e. The number of hydrogen-bond donors (Lipinski definition) is 3. The van der Waals surface area contributed by atoms with Gasteiger partial charge in [-0.3, -0.25) is 30.4 Å². The number of esters is 2. The number of benzene rings is 2. The number of methoxy groups -OCH3 is 2.